The van der Waals surface area contributed by atoms with Crippen molar-refractivity contribution in [2.45, 2.75) is 6.42 Å². The average molecular weight is 319 g/mol. The lowest BCUT2D eigenvalue weighted by Gasteiger charge is -2.17. The molecule has 1 heterocycles. The molecule has 1 aliphatic heterocycles. The second kappa shape index (κ2) is 4.78. The molecule has 0 aliphatic carbocycles. The van der Waals surface area contributed by atoms with Crippen LogP contribution < -0.4 is 4.90 Å². The molecular weight excluding hydrogens is 308 g/mol. The van der Waals surface area contributed by atoms with Gasteiger partial charge in [-0.2, -0.15) is 0 Å². The minimum atomic E-state index is -0.570. The van der Waals surface area contributed by atoms with E-state index in [1.54, 1.807) is 18.2 Å². The van der Waals surface area contributed by atoms with E-state index >= 15 is 0 Å². The Morgan fingerprint density at radius 2 is 2.29 bits per heavy atom. The summed E-state index contributed by atoms with van der Waals surface area (Å²) in [5.74, 6) is -0.601. The molecule has 2 nitrogen and oxygen atoms in total. The predicted molar refractivity (Wildman–Crippen MR) is 69.8 cm³/mol. The number of hydrogen-bond donors (Lipinski definition) is 0. The Hall–Kier alpha value is -0.870. The Bertz CT molecular complexity index is 492. The van der Waals surface area contributed by atoms with Crippen molar-refractivity contribution in [3.8, 4) is 0 Å². The summed E-state index contributed by atoms with van der Waals surface area (Å²) >= 11 is 8.94. The maximum absolute atomic E-state index is 13.9. The zero-order valence-corrected chi connectivity index (χ0v) is 11.3. The number of amides is 1. The summed E-state index contributed by atoms with van der Waals surface area (Å²) in [6.07, 6.45) is 2.09. The molecule has 1 fully saturated rings. The highest BCUT2D eigenvalue weighted by molar-refractivity contribution is 9.10. The van der Waals surface area contributed by atoms with Crippen LogP contribution in [0.3, 0.4) is 0 Å². The van der Waals surface area contributed by atoms with E-state index in [0.29, 0.717) is 17.4 Å². The topological polar surface area (TPSA) is 20.3 Å². The number of anilines is 1. The van der Waals surface area contributed by atoms with Gasteiger partial charge in [0.1, 0.15) is 0 Å². The first-order chi connectivity index (χ1) is 8.04. The summed E-state index contributed by atoms with van der Waals surface area (Å²) in [4.78, 5) is 13.2. The van der Waals surface area contributed by atoms with E-state index in [9.17, 15) is 9.18 Å². The highest BCUT2D eigenvalue weighted by Gasteiger charge is 2.31. The van der Waals surface area contributed by atoms with Crippen molar-refractivity contribution >= 4 is 39.1 Å². The Morgan fingerprint density at radius 3 is 2.88 bits per heavy atom. The standard InChI is InChI=1S/C12H10BrClFNO/c1-2-7-5-10(17)16(6-7)9-4-3-8(13)11(14)12(9)15/h2-4,7H,1,5-6H2. The molecule has 1 amide bonds. The monoisotopic (exact) mass is 317 g/mol. The highest BCUT2D eigenvalue weighted by atomic mass is 79.9. The molecule has 1 saturated heterocycles. The molecule has 1 aliphatic rings. The fraction of sp³-hybridized carbons (Fsp3) is 0.250. The van der Waals surface area contributed by atoms with E-state index in [1.807, 2.05) is 0 Å². The largest absolute Gasteiger partial charge is 0.309 e. The summed E-state index contributed by atoms with van der Waals surface area (Å²) in [5, 5.41) is -0.00245. The maximum atomic E-state index is 13.9. The van der Waals surface area contributed by atoms with E-state index in [0.717, 1.165) is 0 Å². The molecule has 1 aromatic carbocycles. The maximum Gasteiger partial charge on any atom is 0.227 e. The van der Waals surface area contributed by atoms with Gasteiger partial charge in [0.15, 0.2) is 5.82 Å². The number of hydrogen-bond acceptors (Lipinski definition) is 1. The fourth-order valence-corrected chi connectivity index (χ4v) is 2.32. The van der Waals surface area contributed by atoms with Crippen LogP contribution >= 0.6 is 27.5 Å². The number of halogens is 3. The minimum absolute atomic E-state index is 0.00245. The van der Waals surface area contributed by atoms with Crippen LogP contribution in [0.1, 0.15) is 6.42 Å². The molecule has 0 radical (unpaired) electrons. The molecule has 0 N–H and O–H groups in total. The Morgan fingerprint density at radius 1 is 1.59 bits per heavy atom. The number of benzene rings is 1. The lowest BCUT2D eigenvalue weighted by Crippen LogP contribution is -2.25. The molecule has 0 bridgehead atoms. The van der Waals surface area contributed by atoms with Gasteiger partial charge in [-0.25, -0.2) is 4.39 Å². The van der Waals surface area contributed by atoms with Crippen molar-refractivity contribution in [3.63, 3.8) is 0 Å². The molecule has 0 saturated carbocycles. The molecule has 1 atom stereocenters. The van der Waals surface area contributed by atoms with Crippen LogP contribution in [0.5, 0.6) is 0 Å². The van der Waals surface area contributed by atoms with Crippen molar-refractivity contribution in [1.29, 1.82) is 0 Å². The molecule has 90 valence electrons. The number of carbonyl (C=O) groups excluding carboxylic acids is 1. The van der Waals surface area contributed by atoms with Crippen LogP contribution in [-0.4, -0.2) is 12.5 Å². The van der Waals surface area contributed by atoms with Gasteiger partial charge in [-0.05, 0) is 28.1 Å². The van der Waals surface area contributed by atoms with Gasteiger partial charge >= 0.3 is 0 Å². The quantitative estimate of drug-likeness (QED) is 0.600. The Labute approximate surface area is 112 Å². The second-order valence-electron chi connectivity index (χ2n) is 3.90. The van der Waals surface area contributed by atoms with Gasteiger partial charge in [0.25, 0.3) is 0 Å². The van der Waals surface area contributed by atoms with E-state index in [-0.39, 0.29) is 22.5 Å². The van der Waals surface area contributed by atoms with Crippen LogP contribution in [0.4, 0.5) is 10.1 Å². The lowest BCUT2D eigenvalue weighted by molar-refractivity contribution is -0.117. The Balaban J connectivity index is 2.39. The smallest absolute Gasteiger partial charge is 0.227 e. The van der Waals surface area contributed by atoms with Gasteiger partial charge in [0.05, 0.1) is 10.7 Å². The van der Waals surface area contributed by atoms with Crippen molar-refractivity contribution in [2.24, 2.45) is 5.92 Å². The van der Waals surface area contributed by atoms with Gasteiger partial charge in [0, 0.05) is 23.4 Å². The normalized spacial score (nSPS) is 19.8. The van der Waals surface area contributed by atoms with Crippen LogP contribution in [0.15, 0.2) is 29.3 Å². The van der Waals surface area contributed by atoms with Gasteiger partial charge in [-0.3, -0.25) is 4.79 Å². The van der Waals surface area contributed by atoms with E-state index in [2.05, 4.69) is 22.5 Å². The highest BCUT2D eigenvalue weighted by Crippen LogP contribution is 2.34. The minimum Gasteiger partial charge on any atom is -0.309 e. The summed E-state index contributed by atoms with van der Waals surface area (Å²) in [5.41, 5.74) is 0.229. The summed E-state index contributed by atoms with van der Waals surface area (Å²) in [7, 11) is 0. The number of rotatable bonds is 2. The molecule has 0 aromatic heterocycles. The predicted octanol–water partition coefficient (Wildman–Crippen LogP) is 3.78. The molecule has 1 aromatic rings. The lowest BCUT2D eigenvalue weighted by atomic mass is 10.1. The zero-order chi connectivity index (χ0) is 12.6. The van der Waals surface area contributed by atoms with Crippen molar-refractivity contribution < 1.29 is 9.18 Å². The van der Waals surface area contributed by atoms with Gasteiger partial charge in [0.2, 0.25) is 5.91 Å². The van der Waals surface area contributed by atoms with Crippen molar-refractivity contribution in [3.05, 3.63) is 40.1 Å². The van der Waals surface area contributed by atoms with E-state index in [1.165, 1.54) is 4.90 Å². The van der Waals surface area contributed by atoms with Gasteiger partial charge in [-0.15, -0.1) is 6.58 Å². The van der Waals surface area contributed by atoms with Crippen LogP contribution in [0, 0.1) is 11.7 Å². The fourth-order valence-electron chi connectivity index (χ4n) is 1.85. The summed E-state index contributed by atoms with van der Waals surface area (Å²) in [6.45, 7) is 4.11. The van der Waals surface area contributed by atoms with E-state index in [4.69, 9.17) is 11.6 Å². The number of carbonyl (C=O) groups is 1. The van der Waals surface area contributed by atoms with Crippen molar-refractivity contribution in [2.75, 3.05) is 11.4 Å². The first-order valence-corrected chi connectivity index (χ1v) is 6.28. The molecule has 0 spiro atoms. The van der Waals surface area contributed by atoms with Crippen molar-refractivity contribution in [1.82, 2.24) is 0 Å². The molecule has 2 rings (SSSR count). The molecular formula is C12H10BrClFNO. The van der Waals surface area contributed by atoms with Crippen LogP contribution in [0.2, 0.25) is 5.02 Å². The first-order valence-electron chi connectivity index (χ1n) is 5.11. The average Bonchev–Trinajstić information content (AvgIpc) is 2.68. The van der Waals surface area contributed by atoms with Crippen LogP contribution in [-0.2, 0) is 4.79 Å². The molecule has 17 heavy (non-hydrogen) atoms. The third-order valence-corrected chi connectivity index (χ3v) is 4.05. The summed E-state index contributed by atoms with van der Waals surface area (Å²) < 4.78 is 14.4. The second-order valence-corrected chi connectivity index (χ2v) is 5.13. The Kier molecular flexibility index (Phi) is 3.54. The van der Waals surface area contributed by atoms with Gasteiger partial charge < -0.3 is 4.90 Å². The SMILES string of the molecule is C=CC1CC(=O)N(c2ccc(Br)c(Cl)c2F)C1. The molecule has 5 heteroatoms. The zero-order valence-electron chi connectivity index (χ0n) is 8.92. The van der Waals surface area contributed by atoms with E-state index < -0.39 is 5.82 Å². The summed E-state index contributed by atoms with van der Waals surface area (Å²) in [6, 6.07) is 3.18. The van der Waals surface area contributed by atoms with Crippen LogP contribution in [0.25, 0.3) is 0 Å². The first kappa shape index (κ1) is 12.6. The third kappa shape index (κ3) is 2.24. The third-order valence-electron chi connectivity index (χ3n) is 2.79. The molecule has 1 unspecified atom stereocenters. The number of nitrogens with zero attached hydrogens (tertiary/aromatic N) is 1. The van der Waals surface area contributed by atoms with Gasteiger partial charge in [-0.1, -0.05) is 17.7 Å².